The van der Waals surface area contributed by atoms with Crippen LogP contribution >= 0.6 is 0 Å². The Balaban J connectivity index is 1.64. The molecule has 0 aromatic rings. The predicted octanol–water partition coefficient (Wildman–Crippen LogP) is 0.174. The maximum Gasteiger partial charge on any atom is 0.329 e. The fraction of sp³-hybridized carbons (Fsp3) is 0.846. The third-order valence-corrected chi connectivity index (χ3v) is 3.79. The van der Waals surface area contributed by atoms with Gasteiger partial charge in [0, 0.05) is 13.0 Å². The van der Waals surface area contributed by atoms with E-state index in [-0.39, 0.29) is 12.5 Å². The lowest BCUT2D eigenvalue weighted by Crippen LogP contribution is -2.63. The van der Waals surface area contributed by atoms with E-state index in [1.165, 1.54) is 12.8 Å². The van der Waals surface area contributed by atoms with Crippen molar-refractivity contribution in [2.75, 3.05) is 39.3 Å². The van der Waals surface area contributed by atoms with Gasteiger partial charge in [-0.2, -0.15) is 0 Å². The van der Waals surface area contributed by atoms with Crippen LogP contribution in [0.15, 0.2) is 0 Å². The zero-order valence-electron chi connectivity index (χ0n) is 11.4. The van der Waals surface area contributed by atoms with E-state index in [2.05, 4.69) is 4.90 Å². The van der Waals surface area contributed by atoms with Gasteiger partial charge < -0.3 is 19.6 Å². The number of carbonyl (C=O) groups is 2. The summed E-state index contributed by atoms with van der Waals surface area (Å²) in [6.07, 6.45) is 3.02. The molecule has 0 unspecified atom stereocenters. The number of ether oxygens (including phenoxy) is 1. The maximum atomic E-state index is 11.9. The number of hydrogen-bond acceptors (Lipinski definition) is 4. The van der Waals surface area contributed by atoms with E-state index in [1.54, 1.807) is 4.90 Å². The van der Waals surface area contributed by atoms with Gasteiger partial charge in [-0.1, -0.05) is 0 Å². The minimum absolute atomic E-state index is 0.142. The molecule has 0 bridgehead atoms. The molecule has 0 aromatic carbocycles. The highest BCUT2D eigenvalue weighted by Gasteiger charge is 2.42. The Bertz CT molecular complexity index is 347. The van der Waals surface area contributed by atoms with Gasteiger partial charge >= 0.3 is 5.97 Å². The predicted molar refractivity (Wildman–Crippen MR) is 68.9 cm³/mol. The monoisotopic (exact) mass is 270 g/mol. The molecule has 0 aromatic heterocycles. The lowest BCUT2D eigenvalue weighted by Gasteiger charge is -2.47. The van der Waals surface area contributed by atoms with Crippen LogP contribution in [0.1, 0.15) is 26.2 Å². The zero-order valence-corrected chi connectivity index (χ0v) is 11.4. The van der Waals surface area contributed by atoms with Crippen molar-refractivity contribution >= 4 is 11.9 Å². The molecular formula is C13H22N2O4. The van der Waals surface area contributed by atoms with Crippen LogP contribution in [0.3, 0.4) is 0 Å². The van der Waals surface area contributed by atoms with Gasteiger partial charge in [0.25, 0.3) is 0 Å². The average molecular weight is 270 g/mol. The number of carboxylic acid groups (broad SMARTS) is 1. The van der Waals surface area contributed by atoms with E-state index in [4.69, 9.17) is 9.84 Å². The number of carboxylic acids is 1. The number of amides is 1. The highest BCUT2D eigenvalue weighted by Crippen LogP contribution is 2.25. The van der Waals surface area contributed by atoms with Gasteiger partial charge in [0.05, 0.1) is 13.1 Å². The molecule has 2 aliphatic heterocycles. The van der Waals surface area contributed by atoms with Crippen molar-refractivity contribution in [3.05, 3.63) is 0 Å². The highest BCUT2D eigenvalue weighted by atomic mass is 16.5. The van der Waals surface area contributed by atoms with Crippen LogP contribution in [-0.2, 0) is 14.3 Å². The Morgan fingerprint density at radius 3 is 2.47 bits per heavy atom. The molecule has 6 nitrogen and oxygen atoms in total. The van der Waals surface area contributed by atoms with Crippen molar-refractivity contribution in [1.82, 2.24) is 9.80 Å². The van der Waals surface area contributed by atoms with Crippen molar-refractivity contribution in [2.45, 2.75) is 31.8 Å². The maximum absolute atomic E-state index is 11.9. The van der Waals surface area contributed by atoms with Crippen LogP contribution < -0.4 is 0 Å². The Morgan fingerprint density at radius 2 is 1.89 bits per heavy atom. The number of rotatable bonds is 6. The standard InChI is InChI=1S/C13H22N2O4/c1-13(19-8-12(17)18)9-15(10-13)11(16)4-7-14-5-2-3-6-14/h2-10H2,1H3,(H,17,18). The molecule has 0 radical (unpaired) electrons. The van der Waals surface area contributed by atoms with Gasteiger partial charge in [-0.3, -0.25) is 4.79 Å². The second kappa shape index (κ2) is 5.88. The second-order valence-corrected chi connectivity index (χ2v) is 5.68. The molecule has 0 atom stereocenters. The van der Waals surface area contributed by atoms with Crippen molar-refractivity contribution < 1.29 is 19.4 Å². The van der Waals surface area contributed by atoms with Gasteiger partial charge in [0.1, 0.15) is 12.2 Å². The summed E-state index contributed by atoms with van der Waals surface area (Å²) in [5.41, 5.74) is -0.484. The quantitative estimate of drug-likeness (QED) is 0.745. The molecule has 108 valence electrons. The van der Waals surface area contributed by atoms with E-state index in [0.29, 0.717) is 19.5 Å². The smallest absolute Gasteiger partial charge is 0.329 e. The second-order valence-electron chi connectivity index (χ2n) is 5.68. The Kier molecular flexibility index (Phi) is 4.42. The normalized spacial score (nSPS) is 22.3. The van der Waals surface area contributed by atoms with E-state index in [0.717, 1.165) is 19.6 Å². The van der Waals surface area contributed by atoms with E-state index < -0.39 is 11.6 Å². The first-order valence-corrected chi connectivity index (χ1v) is 6.84. The third kappa shape index (κ3) is 3.91. The largest absolute Gasteiger partial charge is 0.480 e. The van der Waals surface area contributed by atoms with E-state index in [9.17, 15) is 9.59 Å². The van der Waals surface area contributed by atoms with Gasteiger partial charge in [0.2, 0.25) is 5.91 Å². The molecule has 2 heterocycles. The minimum Gasteiger partial charge on any atom is -0.480 e. The molecular weight excluding hydrogens is 248 g/mol. The summed E-state index contributed by atoms with van der Waals surface area (Å²) in [6.45, 7) is 5.59. The molecule has 19 heavy (non-hydrogen) atoms. The molecule has 0 saturated carbocycles. The summed E-state index contributed by atoms with van der Waals surface area (Å²) in [5, 5.41) is 8.57. The van der Waals surface area contributed by atoms with Crippen molar-refractivity contribution in [1.29, 1.82) is 0 Å². The number of likely N-dealkylation sites (tertiary alicyclic amines) is 2. The molecule has 0 aliphatic carbocycles. The summed E-state index contributed by atoms with van der Waals surface area (Å²) in [6, 6.07) is 0. The Morgan fingerprint density at radius 1 is 1.26 bits per heavy atom. The molecule has 2 rings (SSSR count). The topological polar surface area (TPSA) is 70.1 Å². The van der Waals surface area contributed by atoms with Gasteiger partial charge in [-0.15, -0.1) is 0 Å². The van der Waals surface area contributed by atoms with Gasteiger partial charge in [0.15, 0.2) is 0 Å². The fourth-order valence-corrected chi connectivity index (χ4v) is 2.68. The zero-order chi connectivity index (χ0) is 13.9. The first-order chi connectivity index (χ1) is 8.98. The van der Waals surface area contributed by atoms with E-state index in [1.807, 2.05) is 6.92 Å². The summed E-state index contributed by atoms with van der Waals surface area (Å²) in [5.74, 6) is -0.830. The molecule has 0 spiro atoms. The van der Waals surface area contributed by atoms with Crippen LogP contribution in [0, 0.1) is 0 Å². The van der Waals surface area contributed by atoms with Crippen LogP contribution in [-0.4, -0.2) is 71.7 Å². The summed E-state index contributed by atoms with van der Waals surface area (Å²) in [4.78, 5) is 26.4. The lowest BCUT2D eigenvalue weighted by atomic mass is 9.96. The van der Waals surface area contributed by atoms with E-state index >= 15 is 0 Å². The average Bonchev–Trinajstić information content (AvgIpc) is 2.83. The third-order valence-electron chi connectivity index (χ3n) is 3.79. The van der Waals surface area contributed by atoms with Crippen LogP contribution in [0.5, 0.6) is 0 Å². The van der Waals surface area contributed by atoms with Crippen LogP contribution in [0.4, 0.5) is 0 Å². The van der Waals surface area contributed by atoms with Gasteiger partial charge in [-0.05, 0) is 32.9 Å². The lowest BCUT2D eigenvalue weighted by molar-refractivity contribution is -0.173. The van der Waals surface area contributed by atoms with Crippen LogP contribution in [0.25, 0.3) is 0 Å². The number of hydrogen-bond donors (Lipinski definition) is 1. The molecule has 2 aliphatic rings. The molecule has 6 heteroatoms. The Hall–Kier alpha value is -1.14. The molecule has 1 amide bonds. The fourth-order valence-electron chi connectivity index (χ4n) is 2.68. The first kappa shape index (κ1) is 14.3. The first-order valence-electron chi connectivity index (χ1n) is 6.84. The van der Waals surface area contributed by atoms with Gasteiger partial charge in [-0.25, -0.2) is 4.79 Å². The summed E-state index contributed by atoms with van der Waals surface area (Å²) >= 11 is 0. The molecule has 1 N–H and O–H groups in total. The Labute approximate surface area is 113 Å². The van der Waals surface area contributed by atoms with Crippen LogP contribution in [0.2, 0.25) is 0 Å². The molecule has 2 saturated heterocycles. The summed E-state index contributed by atoms with van der Waals surface area (Å²) in [7, 11) is 0. The van der Waals surface area contributed by atoms with Crippen molar-refractivity contribution in [3.8, 4) is 0 Å². The SMILES string of the molecule is CC1(OCC(=O)O)CN(C(=O)CCN2CCCC2)C1. The minimum atomic E-state index is -0.972. The highest BCUT2D eigenvalue weighted by molar-refractivity contribution is 5.77. The van der Waals surface area contributed by atoms with Crippen molar-refractivity contribution in [3.63, 3.8) is 0 Å². The molecule has 2 fully saturated rings. The number of aliphatic carboxylic acids is 1. The summed E-state index contributed by atoms with van der Waals surface area (Å²) < 4.78 is 5.28. The van der Waals surface area contributed by atoms with Crippen molar-refractivity contribution in [2.24, 2.45) is 0 Å². The number of nitrogens with zero attached hydrogens (tertiary/aromatic N) is 2. The number of carbonyl (C=O) groups excluding carboxylic acids is 1.